The summed E-state index contributed by atoms with van der Waals surface area (Å²) in [6, 6.07) is 25.3. The second kappa shape index (κ2) is 9.82. The maximum Gasteiger partial charge on any atom is 0.146 e. The SMILES string of the molecule is C=CCCc1ccc(C#Cc2ccc3cc(C#Cc4ccc(C)cc4)ccc3c2F)cc1. The highest BCUT2D eigenvalue weighted by molar-refractivity contribution is 5.86. The van der Waals surface area contributed by atoms with Crippen LogP contribution in [-0.2, 0) is 6.42 Å². The molecule has 0 nitrogen and oxygen atoms in total. The second-order valence-electron chi connectivity index (χ2n) is 7.75. The summed E-state index contributed by atoms with van der Waals surface area (Å²) in [5.74, 6) is 12.1. The Morgan fingerprint density at radius 3 is 2.09 bits per heavy atom. The third kappa shape index (κ3) is 5.15. The number of benzene rings is 4. The molecule has 0 aliphatic carbocycles. The van der Waals surface area contributed by atoms with Crippen LogP contribution in [0.5, 0.6) is 0 Å². The van der Waals surface area contributed by atoms with Gasteiger partial charge in [0.1, 0.15) is 5.82 Å². The zero-order chi connectivity index (χ0) is 22.3. The van der Waals surface area contributed by atoms with Crippen molar-refractivity contribution in [2.75, 3.05) is 0 Å². The fraction of sp³-hybridized carbons (Fsp3) is 0.0968. The first-order valence-electron chi connectivity index (χ1n) is 10.7. The zero-order valence-corrected chi connectivity index (χ0v) is 18.1. The topological polar surface area (TPSA) is 0 Å². The largest absolute Gasteiger partial charge is 0.205 e. The maximum atomic E-state index is 15.0. The van der Waals surface area contributed by atoms with Crippen LogP contribution in [0.1, 0.15) is 39.8 Å². The van der Waals surface area contributed by atoms with Crippen LogP contribution < -0.4 is 0 Å². The van der Waals surface area contributed by atoms with Gasteiger partial charge in [-0.05, 0) is 73.2 Å². The monoisotopic (exact) mass is 414 g/mol. The summed E-state index contributed by atoms with van der Waals surface area (Å²) >= 11 is 0. The average Bonchev–Trinajstić information content (AvgIpc) is 2.82. The molecular formula is C31H23F. The van der Waals surface area contributed by atoms with Crippen molar-refractivity contribution < 1.29 is 4.39 Å². The quantitative estimate of drug-likeness (QED) is 0.245. The van der Waals surface area contributed by atoms with Crippen LogP contribution in [0.15, 0.2) is 91.5 Å². The van der Waals surface area contributed by atoms with Crippen LogP contribution in [-0.4, -0.2) is 0 Å². The maximum absolute atomic E-state index is 15.0. The van der Waals surface area contributed by atoms with Gasteiger partial charge in [-0.3, -0.25) is 0 Å². The van der Waals surface area contributed by atoms with E-state index in [9.17, 15) is 0 Å². The van der Waals surface area contributed by atoms with Crippen molar-refractivity contribution in [3.05, 3.63) is 131 Å². The summed E-state index contributed by atoms with van der Waals surface area (Å²) in [6.45, 7) is 5.80. The van der Waals surface area contributed by atoms with Crippen LogP contribution in [0.4, 0.5) is 4.39 Å². The molecule has 4 aromatic rings. The zero-order valence-electron chi connectivity index (χ0n) is 18.1. The minimum absolute atomic E-state index is 0.296. The highest BCUT2D eigenvalue weighted by atomic mass is 19.1. The van der Waals surface area contributed by atoms with Gasteiger partial charge in [-0.2, -0.15) is 0 Å². The van der Waals surface area contributed by atoms with Crippen LogP contribution >= 0.6 is 0 Å². The molecule has 0 fully saturated rings. The van der Waals surface area contributed by atoms with Crippen LogP contribution in [0.2, 0.25) is 0 Å². The molecular weight excluding hydrogens is 391 g/mol. The third-order valence-electron chi connectivity index (χ3n) is 5.29. The van der Waals surface area contributed by atoms with E-state index in [4.69, 9.17) is 0 Å². The van der Waals surface area contributed by atoms with Gasteiger partial charge in [0.2, 0.25) is 0 Å². The Morgan fingerprint density at radius 1 is 0.750 bits per heavy atom. The van der Waals surface area contributed by atoms with Gasteiger partial charge in [0.25, 0.3) is 0 Å². The Morgan fingerprint density at radius 2 is 1.38 bits per heavy atom. The lowest BCUT2D eigenvalue weighted by molar-refractivity contribution is 0.636. The van der Waals surface area contributed by atoms with Gasteiger partial charge in [0.15, 0.2) is 0 Å². The Kier molecular flexibility index (Phi) is 6.50. The summed E-state index contributed by atoms with van der Waals surface area (Å²) in [6.07, 6.45) is 3.83. The van der Waals surface area contributed by atoms with E-state index in [1.165, 1.54) is 11.1 Å². The molecule has 0 unspecified atom stereocenters. The van der Waals surface area contributed by atoms with Gasteiger partial charge >= 0.3 is 0 Å². The Labute approximate surface area is 189 Å². The van der Waals surface area contributed by atoms with Gasteiger partial charge in [-0.25, -0.2) is 4.39 Å². The summed E-state index contributed by atoms with van der Waals surface area (Å²) in [5, 5.41) is 1.37. The normalized spacial score (nSPS) is 10.1. The van der Waals surface area contributed by atoms with Crippen molar-refractivity contribution in [2.24, 2.45) is 0 Å². The molecule has 0 N–H and O–H groups in total. The molecule has 0 spiro atoms. The molecule has 0 radical (unpaired) electrons. The summed E-state index contributed by atoms with van der Waals surface area (Å²) in [4.78, 5) is 0. The molecule has 1 heteroatoms. The molecule has 0 aromatic heterocycles. The number of fused-ring (bicyclic) bond motifs is 1. The minimum atomic E-state index is -0.296. The van der Waals surface area contributed by atoms with E-state index in [1.807, 2.05) is 60.7 Å². The van der Waals surface area contributed by atoms with E-state index in [2.05, 4.69) is 49.3 Å². The first-order valence-corrected chi connectivity index (χ1v) is 10.7. The molecule has 0 aliphatic rings. The van der Waals surface area contributed by atoms with Crippen molar-refractivity contribution in [3.63, 3.8) is 0 Å². The van der Waals surface area contributed by atoms with Gasteiger partial charge in [-0.15, -0.1) is 6.58 Å². The van der Waals surface area contributed by atoms with Gasteiger partial charge < -0.3 is 0 Å². The first kappa shape index (κ1) is 21.2. The first-order chi connectivity index (χ1) is 15.6. The summed E-state index contributed by atoms with van der Waals surface area (Å²) in [5.41, 5.74) is 5.53. The van der Waals surface area contributed by atoms with E-state index in [1.54, 1.807) is 12.1 Å². The molecule has 0 saturated carbocycles. The van der Waals surface area contributed by atoms with E-state index >= 15 is 4.39 Å². The molecule has 0 aliphatic heterocycles. The minimum Gasteiger partial charge on any atom is -0.205 e. The Balaban J connectivity index is 1.56. The lowest BCUT2D eigenvalue weighted by atomic mass is 10.0. The molecule has 32 heavy (non-hydrogen) atoms. The second-order valence-corrected chi connectivity index (χ2v) is 7.75. The lowest BCUT2D eigenvalue weighted by Gasteiger charge is -2.03. The van der Waals surface area contributed by atoms with Crippen molar-refractivity contribution in [1.82, 2.24) is 0 Å². The molecule has 0 atom stereocenters. The van der Waals surface area contributed by atoms with E-state index < -0.39 is 0 Å². The molecule has 4 aromatic carbocycles. The van der Waals surface area contributed by atoms with Crippen molar-refractivity contribution in [1.29, 1.82) is 0 Å². The van der Waals surface area contributed by atoms with Gasteiger partial charge in [0.05, 0.1) is 5.56 Å². The van der Waals surface area contributed by atoms with Gasteiger partial charge in [-0.1, -0.05) is 71.7 Å². The van der Waals surface area contributed by atoms with Gasteiger partial charge in [0, 0.05) is 22.1 Å². The predicted molar refractivity (Wildman–Crippen MR) is 132 cm³/mol. The van der Waals surface area contributed by atoms with Crippen LogP contribution in [0, 0.1) is 36.4 Å². The molecule has 154 valence electrons. The fourth-order valence-corrected chi connectivity index (χ4v) is 3.41. The van der Waals surface area contributed by atoms with Crippen molar-refractivity contribution in [2.45, 2.75) is 19.8 Å². The lowest BCUT2D eigenvalue weighted by Crippen LogP contribution is -1.88. The number of rotatable bonds is 3. The summed E-state index contributed by atoms with van der Waals surface area (Å²) < 4.78 is 15.0. The molecule has 0 amide bonds. The highest BCUT2D eigenvalue weighted by Crippen LogP contribution is 2.22. The van der Waals surface area contributed by atoms with Crippen molar-refractivity contribution >= 4 is 10.8 Å². The molecule has 4 rings (SSSR count). The van der Waals surface area contributed by atoms with E-state index in [0.717, 1.165) is 34.9 Å². The smallest absolute Gasteiger partial charge is 0.146 e. The number of aryl methyl sites for hydroxylation is 2. The molecule has 0 heterocycles. The standard InChI is InChI=1S/C31H23F/c1-3-4-5-24-10-12-26(13-11-24)16-18-28-19-20-29-22-27(17-21-30(29)31(28)32)15-14-25-8-6-23(2)7-9-25/h3,6-13,17,19-22H,1,4-5H2,2H3. The molecule has 0 bridgehead atoms. The van der Waals surface area contributed by atoms with E-state index in [-0.39, 0.29) is 5.82 Å². The molecule has 0 saturated heterocycles. The average molecular weight is 415 g/mol. The Hall–Kier alpha value is -4.07. The van der Waals surface area contributed by atoms with Crippen molar-refractivity contribution in [3.8, 4) is 23.7 Å². The fourth-order valence-electron chi connectivity index (χ4n) is 3.41. The van der Waals surface area contributed by atoms with E-state index in [0.29, 0.717) is 10.9 Å². The highest BCUT2D eigenvalue weighted by Gasteiger charge is 2.06. The number of hydrogen-bond acceptors (Lipinski definition) is 0. The predicted octanol–water partition coefficient (Wildman–Crippen LogP) is 7.21. The summed E-state index contributed by atoms with van der Waals surface area (Å²) in [7, 11) is 0. The third-order valence-corrected chi connectivity index (χ3v) is 5.29. The number of allylic oxidation sites excluding steroid dienone is 1. The van der Waals surface area contributed by atoms with Crippen LogP contribution in [0.3, 0.4) is 0 Å². The number of halogens is 1. The number of hydrogen-bond donors (Lipinski definition) is 0. The Bertz CT molecular complexity index is 1380. The van der Waals surface area contributed by atoms with Crippen LogP contribution in [0.25, 0.3) is 10.8 Å².